The van der Waals surface area contributed by atoms with Gasteiger partial charge in [-0.1, -0.05) is 42.5 Å². The minimum Gasteiger partial charge on any atom is -0.480 e. The largest absolute Gasteiger partial charge is 0.480 e. The average molecular weight is 871 g/mol. The van der Waals surface area contributed by atoms with Gasteiger partial charge in [0, 0.05) is 19.3 Å². The van der Waals surface area contributed by atoms with Gasteiger partial charge in [-0.05, 0) is 57.8 Å². The van der Waals surface area contributed by atoms with E-state index in [0.717, 1.165) is 6.21 Å². The Balaban J connectivity index is -0.000000255. The van der Waals surface area contributed by atoms with Gasteiger partial charge >= 0.3 is 36.6 Å². The van der Waals surface area contributed by atoms with E-state index in [0.29, 0.717) is 25.3 Å². The SMILES string of the molecule is C.C.C=[N+]=CC(=O)CC[C@H](NC(=O)[C@@H](N)CC(C)C)C(=O)OCC.CC(C)C[C@H](N)C(=O)N[C@@H](CCC(=O)C=[N+]=[N-])C(=O)O.C[C@H](N)C(=O)N[C@@H](CCC(=O)C=[N+]=[N-])C(=O)O. The molecule has 0 aromatic carbocycles. The van der Waals surface area contributed by atoms with E-state index in [9.17, 15) is 43.2 Å². The summed E-state index contributed by atoms with van der Waals surface area (Å²) in [4.78, 5) is 107. The van der Waals surface area contributed by atoms with Crippen molar-refractivity contribution >= 4 is 78.3 Å². The Kier molecular flexibility index (Phi) is 38.8. The van der Waals surface area contributed by atoms with Crippen molar-refractivity contribution in [2.24, 2.45) is 29.0 Å². The molecule has 0 aromatic rings. The maximum atomic E-state index is 12.0. The van der Waals surface area contributed by atoms with E-state index < -0.39 is 83.4 Å². The number of ether oxygens (including phenoxy) is 1. The molecule has 0 fully saturated rings. The zero-order chi connectivity index (χ0) is 46.2. The van der Waals surface area contributed by atoms with Gasteiger partial charge in [0.15, 0.2) is 0 Å². The van der Waals surface area contributed by atoms with Gasteiger partial charge in [0.05, 0.1) is 24.7 Å². The Morgan fingerprint density at radius 1 is 0.623 bits per heavy atom. The van der Waals surface area contributed by atoms with Crippen molar-refractivity contribution < 1.29 is 67.7 Å². The fourth-order valence-electron chi connectivity index (χ4n) is 4.38. The minimum absolute atomic E-state index is 0. The number of carbonyl (C=O) groups excluding carboxylic acids is 7. The van der Waals surface area contributed by atoms with E-state index in [4.69, 9.17) is 43.2 Å². The van der Waals surface area contributed by atoms with Gasteiger partial charge in [0.25, 0.3) is 6.72 Å². The van der Waals surface area contributed by atoms with Gasteiger partial charge in [-0.25, -0.2) is 14.4 Å². The second-order valence-electron chi connectivity index (χ2n) is 13.7. The normalized spacial score (nSPS) is 12.6. The molecule has 0 aliphatic heterocycles. The highest BCUT2D eigenvalue weighted by atomic mass is 16.5. The lowest BCUT2D eigenvalue weighted by atomic mass is 10.0. The summed E-state index contributed by atoms with van der Waals surface area (Å²) in [5.41, 5.74) is 32.9. The molecule has 0 aromatic heterocycles. The molecule has 0 unspecified atom stereocenters. The van der Waals surface area contributed by atoms with Crippen LogP contribution in [-0.4, -0.2) is 141 Å². The first-order valence-electron chi connectivity index (χ1n) is 18.5. The molecule has 0 saturated carbocycles. The van der Waals surface area contributed by atoms with Crippen molar-refractivity contribution in [3.05, 3.63) is 11.1 Å². The number of amides is 3. The first kappa shape index (κ1) is 64.1. The molecule has 3 amide bonds. The van der Waals surface area contributed by atoms with Crippen LogP contribution < -0.4 is 37.8 Å². The van der Waals surface area contributed by atoms with Crippen LogP contribution in [-0.2, 0) is 47.9 Å². The Hall–Kier alpha value is -6.08. The number of rotatable bonds is 26. The number of Topliss-reactive ketones (excluding diaryl/α,β-unsaturated/α-hetero) is 3. The van der Waals surface area contributed by atoms with Crippen LogP contribution in [0.2, 0.25) is 0 Å². The number of carbonyl (C=O) groups is 9. The average Bonchev–Trinajstić information content (AvgIpc) is 3.13. The van der Waals surface area contributed by atoms with Crippen LogP contribution in [0, 0.1) is 11.8 Å². The van der Waals surface area contributed by atoms with E-state index in [1.54, 1.807) is 6.92 Å². The van der Waals surface area contributed by atoms with Crippen LogP contribution in [0.3, 0.4) is 0 Å². The number of aliphatic carboxylic acids is 2. The number of carboxylic acid groups (broad SMARTS) is 2. The molecule has 0 spiro atoms. The Morgan fingerprint density at radius 2 is 0.951 bits per heavy atom. The molecule has 11 N–H and O–H groups in total. The van der Waals surface area contributed by atoms with Crippen LogP contribution in [0.15, 0.2) is 0 Å². The molecule has 0 aliphatic carbocycles. The number of hydrogen-bond donors (Lipinski definition) is 8. The molecule has 23 nitrogen and oxygen atoms in total. The molecular weight excluding hydrogens is 802 g/mol. The molecular formula is C38H68N11O12+. The van der Waals surface area contributed by atoms with Crippen LogP contribution >= 0.6 is 0 Å². The van der Waals surface area contributed by atoms with Crippen molar-refractivity contribution in [3.63, 3.8) is 0 Å². The van der Waals surface area contributed by atoms with Gasteiger partial charge in [0.1, 0.15) is 18.1 Å². The van der Waals surface area contributed by atoms with Crippen molar-refractivity contribution in [2.75, 3.05) is 6.61 Å². The van der Waals surface area contributed by atoms with Crippen molar-refractivity contribution in [3.8, 4) is 0 Å². The predicted molar refractivity (Wildman–Crippen MR) is 227 cm³/mol. The Labute approximate surface area is 356 Å². The molecule has 0 bridgehead atoms. The summed E-state index contributed by atoms with van der Waals surface area (Å²) in [5.74, 6) is -5.54. The third-order valence-electron chi connectivity index (χ3n) is 7.33. The summed E-state index contributed by atoms with van der Waals surface area (Å²) in [5, 5.41) is 24.8. The van der Waals surface area contributed by atoms with E-state index in [1.165, 1.54) is 6.92 Å². The van der Waals surface area contributed by atoms with Gasteiger partial charge in [-0.15, -0.1) is 4.67 Å². The molecule has 0 heterocycles. The molecule has 346 valence electrons. The molecule has 0 saturated heterocycles. The van der Waals surface area contributed by atoms with Crippen LogP contribution in [0.5, 0.6) is 0 Å². The summed E-state index contributed by atoms with van der Waals surface area (Å²) in [6, 6.07) is -5.60. The third-order valence-corrected chi connectivity index (χ3v) is 7.33. The quantitative estimate of drug-likeness (QED) is 0.0224. The van der Waals surface area contributed by atoms with Gasteiger partial charge < -0.3 is 59.2 Å². The zero-order valence-corrected chi connectivity index (χ0v) is 34.4. The smallest absolute Gasteiger partial charge is 0.334 e. The number of nitrogens with two attached hydrogens (primary N) is 3. The Morgan fingerprint density at radius 3 is 1.25 bits per heavy atom. The van der Waals surface area contributed by atoms with Gasteiger partial charge in [-0.2, -0.15) is 9.58 Å². The standard InChI is InChI=1S/C15H25N3O4.C12H20N4O4.C9H14N4O4.2CH4/c1-5-22-15(21)13(7-6-11(19)9-17-4)18-14(20)12(16)8-10(2)3;1-7(2)5-9(13)11(18)16-10(12(19)20)4-3-8(17)6-15-14;1-5(10)8(15)13-7(9(16)17)3-2-6(14)4-12-11;;/h9-10,12-13H,4-8,16H2,1-3H3;6-7,9-10H,3-5,13H2,1-2H3,(H,16,18)(H,19,20);4-5,7H,2-3,10H2,1H3,(H,13,15)(H,16,17);2*1H4/p+1/t12-,13-;9-,10-;5-,7-;;/m000../s1. The first-order valence-corrected chi connectivity index (χ1v) is 18.5. The minimum atomic E-state index is -1.26. The maximum Gasteiger partial charge on any atom is 0.334 e. The highest BCUT2D eigenvalue weighted by Gasteiger charge is 2.27. The molecule has 0 aliphatic rings. The number of hydrogen-bond acceptors (Lipinski definition) is 13. The van der Waals surface area contributed by atoms with Crippen molar-refractivity contribution in [2.45, 2.75) is 144 Å². The second-order valence-corrected chi connectivity index (χ2v) is 13.7. The Bertz CT molecular complexity index is 1580. The molecule has 6 atom stereocenters. The van der Waals surface area contributed by atoms with E-state index in [1.807, 2.05) is 27.7 Å². The highest BCUT2D eigenvalue weighted by Crippen LogP contribution is 2.07. The second kappa shape index (κ2) is 37.0. The maximum absolute atomic E-state index is 12.0. The van der Waals surface area contributed by atoms with E-state index in [2.05, 4.69) is 36.9 Å². The number of carboxylic acids is 2. The highest BCUT2D eigenvalue weighted by molar-refractivity contribution is 6.27. The number of nitrogens with one attached hydrogen (secondary N) is 3. The number of esters is 1. The lowest BCUT2D eigenvalue weighted by Crippen LogP contribution is -2.49. The number of nitrogens with zero attached hydrogens (tertiary/aromatic N) is 5. The molecule has 0 radical (unpaired) electrons. The van der Waals surface area contributed by atoms with Gasteiger partial charge in [0.2, 0.25) is 35.1 Å². The van der Waals surface area contributed by atoms with Crippen LogP contribution in [0.4, 0.5) is 0 Å². The monoisotopic (exact) mass is 871 g/mol. The topological polar surface area (TPSA) is 404 Å². The summed E-state index contributed by atoms with van der Waals surface area (Å²) in [7, 11) is 0. The summed E-state index contributed by atoms with van der Waals surface area (Å²) in [6.45, 7) is 14.2. The fourth-order valence-corrected chi connectivity index (χ4v) is 4.38. The van der Waals surface area contributed by atoms with Crippen molar-refractivity contribution in [1.82, 2.24) is 20.6 Å². The lowest BCUT2D eigenvalue weighted by molar-refractivity contribution is -0.148. The third kappa shape index (κ3) is 34.5. The fraction of sp³-hybridized carbons (Fsp3) is 0.658. The van der Waals surface area contributed by atoms with Crippen LogP contribution in [0.1, 0.15) is 108 Å². The molecule has 61 heavy (non-hydrogen) atoms. The van der Waals surface area contributed by atoms with E-state index in [-0.39, 0.29) is 77.6 Å². The van der Waals surface area contributed by atoms with Crippen molar-refractivity contribution in [1.29, 1.82) is 0 Å². The van der Waals surface area contributed by atoms with Gasteiger partial charge in [-0.3, -0.25) is 28.8 Å². The summed E-state index contributed by atoms with van der Waals surface area (Å²) < 4.78 is 8.27. The molecule has 0 rings (SSSR count). The number of ketones is 3. The lowest BCUT2D eigenvalue weighted by Gasteiger charge is -2.20. The summed E-state index contributed by atoms with van der Waals surface area (Å²) >= 11 is 0. The zero-order valence-electron chi connectivity index (χ0n) is 34.4. The van der Waals surface area contributed by atoms with E-state index >= 15 is 0 Å². The predicted octanol–water partition coefficient (Wildman–Crippen LogP) is -1.00. The van der Waals surface area contributed by atoms with Crippen LogP contribution in [0.25, 0.3) is 11.1 Å². The first-order chi connectivity index (χ1) is 27.5. The summed E-state index contributed by atoms with van der Waals surface area (Å²) in [6.07, 6.45) is 3.07. The molecule has 23 heteroatoms.